The van der Waals surface area contributed by atoms with Gasteiger partial charge in [-0.3, -0.25) is 9.78 Å². The van der Waals surface area contributed by atoms with E-state index < -0.39 is 65.4 Å². The Morgan fingerprint density at radius 2 is 0.654 bits per heavy atom. The summed E-state index contributed by atoms with van der Waals surface area (Å²) < 4.78 is 221. The molecule has 0 radical (unpaired) electrons. The predicted molar refractivity (Wildman–Crippen MR) is 463 cm³/mol. The molecular weight excluding hydrogens is 1760 g/mol. The molecule has 15 aromatic rings. The highest BCUT2D eigenvalue weighted by Crippen LogP contribution is 2.44. The van der Waals surface area contributed by atoms with Crippen LogP contribution in [0.5, 0.6) is 86.9 Å². The smallest absolute Gasteiger partial charge is 0.451 e. The third-order valence-corrected chi connectivity index (χ3v) is 18.2. The van der Waals surface area contributed by atoms with Crippen molar-refractivity contribution in [1.29, 1.82) is 0 Å². The average molecular weight is 1840 g/mol. The minimum absolute atomic E-state index is 0.0193. The largest absolute Gasteiger partial charge is 0.496 e. The van der Waals surface area contributed by atoms with Gasteiger partial charge in [-0.25, -0.2) is 72.4 Å². The maximum atomic E-state index is 13.8. The zero-order chi connectivity index (χ0) is 95.4. The Morgan fingerprint density at radius 1 is 0.316 bits per heavy atom. The number of alkyl halides is 8. The van der Waals surface area contributed by atoms with Crippen molar-refractivity contribution in [2.24, 2.45) is 0 Å². The molecule has 0 bridgehead atoms. The van der Waals surface area contributed by atoms with E-state index in [0.29, 0.717) is 102 Å². The van der Waals surface area contributed by atoms with Gasteiger partial charge in [-0.1, -0.05) is 18.2 Å². The van der Waals surface area contributed by atoms with E-state index in [-0.39, 0.29) is 58.9 Å². The van der Waals surface area contributed by atoms with Gasteiger partial charge in [-0.2, -0.15) is 35.1 Å². The number of likely N-dealkylation sites (N-methyl/N-ethyl adjacent to an activating group) is 1. The third kappa shape index (κ3) is 26.4. The molecule has 686 valence electrons. The summed E-state index contributed by atoms with van der Waals surface area (Å²) in [5, 5.41) is 0. The van der Waals surface area contributed by atoms with E-state index in [9.17, 15) is 57.5 Å². The fraction of sp³-hybridized carbons (Fsp3) is 0.160. The van der Waals surface area contributed by atoms with Crippen LogP contribution in [0.2, 0.25) is 0 Å². The quantitative estimate of drug-likeness (QED) is 0.0341. The van der Waals surface area contributed by atoms with Gasteiger partial charge in [0, 0.05) is 133 Å². The zero-order valence-corrected chi connectivity index (χ0v) is 71.9. The van der Waals surface area contributed by atoms with Crippen LogP contribution >= 0.6 is 0 Å². The summed E-state index contributed by atoms with van der Waals surface area (Å²) in [7, 11) is 15.3. The summed E-state index contributed by atoms with van der Waals surface area (Å²) in [6.07, 6.45) is 7.71. The monoisotopic (exact) mass is 1840 g/mol. The molecule has 9 heterocycles. The molecule has 0 aliphatic carbocycles. The summed E-state index contributed by atoms with van der Waals surface area (Å²) >= 11 is 0. The SMILES string of the molecule is COC(=O)CN(C)c1ncc(Oc2ncccc2-c2ccc(F)cc2OC)cn1.COCC(F)(F)c1ccc(Oc2ncccc2-c2cc(F)ccc2OC)cn1.COc1cc(F)ccc1-c1cccnc1Oc1cnc(C(F)(F)F)nc1.COc1cc(F)ccc1-c1cccnc1Oc1cnc(N(C)C)nc1.COc1ccccc1-c1cccnc1Oc1ccc(C(F)(F)F)cc1. The first-order valence-electron chi connectivity index (χ1n) is 39.0. The van der Waals surface area contributed by atoms with E-state index in [1.807, 2.05) is 50.5 Å². The number of rotatable bonds is 27. The first-order valence-corrected chi connectivity index (χ1v) is 39.0. The normalized spacial score (nSPS) is 10.9. The molecule has 0 unspecified atom stereocenters. The summed E-state index contributed by atoms with van der Waals surface area (Å²) in [5.74, 6) is -1.17. The van der Waals surface area contributed by atoms with Gasteiger partial charge in [-0.15, -0.1) is 0 Å². The number of benzene rings is 6. The number of esters is 1. The zero-order valence-electron chi connectivity index (χ0n) is 71.9. The number of pyridine rings is 6. The van der Waals surface area contributed by atoms with Crippen LogP contribution in [0.25, 0.3) is 55.6 Å². The highest BCUT2D eigenvalue weighted by molar-refractivity contribution is 5.79. The van der Waals surface area contributed by atoms with Gasteiger partial charge in [0.25, 0.3) is 0 Å². The lowest BCUT2D eigenvalue weighted by molar-refractivity contribution is -0.145. The molecule has 0 amide bonds. The number of hydrogen-bond acceptors (Lipinski definition) is 27. The maximum Gasteiger partial charge on any atom is 0.451 e. The Balaban J connectivity index is 0.000000160. The molecule has 9 aromatic heterocycles. The number of carbonyl (C=O) groups is 1. The number of halogens is 12. The van der Waals surface area contributed by atoms with Gasteiger partial charge in [0.05, 0.1) is 91.6 Å². The van der Waals surface area contributed by atoms with Gasteiger partial charge in [0.15, 0.2) is 17.2 Å². The van der Waals surface area contributed by atoms with Crippen molar-refractivity contribution in [1.82, 2.24) is 59.8 Å². The van der Waals surface area contributed by atoms with Crippen molar-refractivity contribution in [3.8, 4) is 143 Å². The lowest BCUT2D eigenvalue weighted by Crippen LogP contribution is -2.27. The second-order valence-corrected chi connectivity index (χ2v) is 27.4. The summed E-state index contributed by atoms with van der Waals surface area (Å²) in [6, 6.07) is 48.2. The van der Waals surface area contributed by atoms with Gasteiger partial charge >= 0.3 is 24.2 Å². The standard InChI is InChI=1S/C20H17F3N2O3.C20H19FN4O4.C19H14F3NO2.C18H17FN4O2.C17H11F4N3O2/c1-26-12-20(22,23)18-8-6-14(11-25-18)28-19-15(4-3-9-24-19)16-10-13(21)5-7-17(16)27-2;1-25(12-18(26)28-3)20-23-10-14(11-24-20)29-19-16(5-4-8-22-19)15-7-6-13(21)9-17(15)27-2;1-24-17-7-3-2-5-15(17)16-6-4-12-23-18(16)25-14-10-8-13(9-11-14)19(20,21)22;1-23(2)18-21-10-13(11-22-18)25-17-15(5-4-8-20-17)14-7-6-12(19)9-16(14)24-3;1-25-14-7-10(18)4-5-12(14)13-3-2-6-22-15(13)26-11-8-23-16(24-9-11)17(19,20)21/h3-11H,12H2,1-2H3;4-11H,12H2,1-3H3;2-12H,1H3;4-11H,1-3H3;2-9H,1H3. The molecule has 27 nitrogen and oxygen atoms in total. The van der Waals surface area contributed by atoms with E-state index >= 15 is 0 Å². The van der Waals surface area contributed by atoms with Crippen molar-refractivity contribution >= 4 is 17.9 Å². The number of aromatic nitrogens is 12. The lowest BCUT2D eigenvalue weighted by atomic mass is 10.1. The number of carbonyl (C=O) groups excluding carboxylic acids is 1. The second-order valence-electron chi connectivity index (χ2n) is 27.4. The van der Waals surface area contributed by atoms with Crippen molar-refractivity contribution < 1.29 is 114 Å². The molecular formula is C94H78F12N14O13. The van der Waals surface area contributed by atoms with E-state index in [1.165, 1.54) is 153 Å². The molecule has 6 aromatic carbocycles. The van der Waals surface area contributed by atoms with Gasteiger partial charge in [0.2, 0.25) is 47.1 Å². The van der Waals surface area contributed by atoms with Gasteiger partial charge < -0.3 is 66.6 Å². The third-order valence-electron chi connectivity index (χ3n) is 18.2. The number of nitrogens with zero attached hydrogens (tertiary/aromatic N) is 14. The number of para-hydroxylation sites is 1. The molecule has 133 heavy (non-hydrogen) atoms. The van der Waals surface area contributed by atoms with Crippen LogP contribution in [-0.2, 0) is 32.5 Å². The Labute approximate surface area is 752 Å². The topological polar surface area (TPSA) is 289 Å². The maximum absolute atomic E-state index is 13.8. The number of ether oxygens (including phenoxy) is 12. The minimum atomic E-state index is -4.64. The molecule has 0 fully saturated rings. The lowest BCUT2D eigenvalue weighted by Gasteiger charge is -2.16. The molecule has 0 saturated carbocycles. The van der Waals surface area contributed by atoms with Crippen molar-refractivity contribution in [2.45, 2.75) is 18.3 Å². The number of anilines is 2. The van der Waals surface area contributed by atoms with Gasteiger partial charge in [-0.05, 0) is 158 Å². The van der Waals surface area contributed by atoms with Crippen LogP contribution < -0.4 is 57.2 Å². The van der Waals surface area contributed by atoms with E-state index in [1.54, 1.807) is 116 Å². The van der Waals surface area contributed by atoms with Crippen LogP contribution in [0.4, 0.5) is 64.6 Å². The Kier molecular flexibility index (Phi) is 33.3. The number of methoxy groups -OCH3 is 7. The van der Waals surface area contributed by atoms with E-state index in [0.717, 1.165) is 36.2 Å². The Hall–Kier alpha value is -16.4. The molecule has 0 aliphatic heterocycles. The second kappa shape index (κ2) is 45.6. The molecule has 0 N–H and O–H groups in total. The van der Waals surface area contributed by atoms with E-state index in [2.05, 4.69) is 69.3 Å². The van der Waals surface area contributed by atoms with Crippen LogP contribution in [0.3, 0.4) is 0 Å². The average Bonchev–Trinajstić information content (AvgIpc) is 0.827. The fourth-order valence-electron chi connectivity index (χ4n) is 12.0. The van der Waals surface area contributed by atoms with Crippen LogP contribution in [0, 0.1) is 23.3 Å². The van der Waals surface area contributed by atoms with Crippen molar-refractivity contribution in [2.75, 3.05) is 93.9 Å². The highest BCUT2D eigenvalue weighted by Gasteiger charge is 2.36. The van der Waals surface area contributed by atoms with Crippen LogP contribution in [0.1, 0.15) is 17.1 Å². The molecule has 0 aliphatic rings. The minimum Gasteiger partial charge on any atom is -0.496 e. The van der Waals surface area contributed by atoms with E-state index in [4.69, 9.17) is 47.4 Å². The predicted octanol–water partition coefficient (Wildman–Crippen LogP) is 21.5. The first kappa shape index (κ1) is 97.3. The van der Waals surface area contributed by atoms with Crippen LogP contribution in [-0.4, -0.2) is 150 Å². The number of hydrogen-bond donors (Lipinski definition) is 0. The molecule has 0 atom stereocenters. The molecule has 39 heteroatoms. The van der Waals surface area contributed by atoms with Crippen molar-refractivity contribution in [3.05, 3.63) is 309 Å². The van der Waals surface area contributed by atoms with Crippen LogP contribution in [0.15, 0.2) is 268 Å². The summed E-state index contributed by atoms with van der Waals surface area (Å²) in [6.45, 7) is -0.755. The summed E-state index contributed by atoms with van der Waals surface area (Å²) in [5.41, 5.74) is 4.79. The highest BCUT2D eigenvalue weighted by atomic mass is 19.4. The summed E-state index contributed by atoms with van der Waals surface area (Å²) in [4.78, 5) is 62.7. The Bertz CT molecular complexity index is 6370. The molecule has 0 spiro atoms. The first-order chi connectivity index (χ1) is 63.9. The van der Waals surface area contributed by atoms with Gasteiger partial charge in [0.1, 0.15) is 82.4 Å². The Morgan fingerprint density at radius 3 is 1.03 bits per heavy atom. The molecule has 0 saturated heterocycles. The fourth-order valence-corrected chi connectivity index (χ4v) is 12.0. The van der Waals surface area contributed by atoms with Crippen molar-refractivity contribution in [3.63, 3.8) is 0 Å². The molecule has 15 rings (SSSR count).